The summed E-state index contributed by atoms with van der Waals surface area (Å²) in [5, 5.41) is 9.52. The molecule has 1 aliphatic carbocycles. The van der Waals surface area contributed by atoms with Gasteiger partial charge in [0.25, 0.3) is 0 Å². The first-order valence-electron chi connectivity index (χ1n) is 13.9. The van der Waals surface area contributed by atoms with Crippen molar-refractivity contribution in [3.63, 3.8) is 0 Å². The lowest BCUT2D eigenvalue weighted by molar-refractivity contribution is -0.146. The SMILES string of the molecule is CC(C)C[C@@H](CC(=O)[C@@H](C)N(C)C(=O)[C@@H](CC[C@@H](C)Oc1ccccc1CC[C@H](C)N)C1CC1)C(=O)O. The van der Waals surface area contributed by atoms with Crippen LogP contribution in [0.1, 0.15) is 85.1 Å². The third-order valence-electron chi connectivity index (χ3n) is 7.51. The Morgan fingerprint density at radius 1 is 1.05 bits per heavy atom. The molecule has 1 fully saturated rings. The third kappa shape index (κ3) is 10.1. The third-order valence-corrected chi connectivity index (χ3v) is 7.51. The first-order valence-corrected chi connectivity index (χ1v) is 13.9. The quantitative estimate of drug-likeness (QED) is 0.298. The van der Waals surface area contributed by atoms with E-state index in [1.807, 2.05) is 45.9 Å². The molecule has 1 saturated carbocycles. The number of carbonyl (C=O) groups excluding carboxylic acids is 2. The summed E-state index contributed by atoms with van der Waals surface area (Å²) in [5.41, 5.74) is 7.08. The number of para-hydroxylation sites is 1. The number of carboxylic acids is 1. The zero-order valence-corrected chi connectivity index (χ0v) is 23.6. The van der Waals surface area contributed by atoms with E-state index in [1.165, 1.54) is 4.90 Å². The van der Waals surface area contributed by atoms with E-state index < -0.39 is 17.9 Å². The lowest BCUT2D eigenvalue weighted by Gasteiger charge is -2.29. The largest absolute Gasteiger partial charge is 0.490 e. The van der Waals surface area contributed by atoms with E-state index in [2.05, 4.69) is 6.07 Å². The zero-order chi connectivity index (χ0) is 27.7. The molecular formula is C30H48N2O5. The van der Waals surface area contributed by atoms with Crippen molar-refractivity contribution in [1.82, 2.24) is 4.90 Å². The summed E-state index contributed by atoms with van der Waals surface area (Å²) in [6, 6.07) is 7.53. The van der Waals surface area contributed by atoms with Crippen molar-refractivity contribution in [2.24, 2.45) is 29.4 Å². The Morgan fingerprint density at radius 3 is 2.27 bits per heavy atom. The highest BCUT2D eigenvalue weighted by Gasteiger charge is 2.39. The Bertz CT molecular complexity index is 896. The van der Waals surface area contributed by atoms with E-state index in [0.717, 1.165) is 43.4 Å². The number of benzene rings is 1. The molecule has 5 atom stereocenters. The molecule has 0 aliphatic heterocycles. The number of ether oxygens (including phenoxy) is 1. The van der Waals surface area contributed by atoms with Gasteiger partial charge in [-0.3, -0.25) is 14.4 Å². The number of carbonyl (C=O) groups is 3. The van der Waals surface area contributed by atoms with Crippen molar-refractivity contribution >= 4 is 17.7 Å². The van der Waals surface area contributed by atoms with Gasteiger partial charge in [0.15, 0.2) is 5.78 Å². The molecule has 3 N–H and O–H groups in total. The van der Waals surface area contributed by atoms with Crippen LogP contribution in [0.15, 0.2) is 24.3 Å². The highest BCUT2D eigenvalue weighted by molar-refractivity contribution is 5.91. The number of likely N-dealkylation sites (N-methyl/N-ethyl adjacent to an activating group) is 1. The van der Waals surface area contributed by atoms with Crippen LogP contribution < -0.4 is 10.5 Å². The lowest BCUT2D eigenvalue weighted by Crippen LogP contribution is -2.44. The maximum atomic E-state index is 13.4. The molecule has 0 unspecified atom stereocenters. The lowest BCUT2D eigenvalue weighted by atomic mass is 9.90. The van der Waals surface area contributed by atoms with E-state index in [0.29, 0.717) is 18.8 Å². The second kappa shape index (κ2) is 14.5. The van der Waals surface area contributed by atoms with Gasteiger partial charge in [-0.15, -0.1) is 0 Å². The van der Waals surface area contributed by atoms with Gasteiger partial charge in [0, 0.05) is 25.4 Å². The van der Waals surface area contributed by atoms with E-state index in [9.17, 15) is 19.5 Å². The monoisotopic (exact) mass is 516 g/mol. The molecule has 1 aromatic rings. The Morgan fingerprint density at radius 2 is 1.70 bits per heavy atom. The van der Waals surface area contributed by atoms with Crippen LogP contribution in [0.3, 0.4) is 0 Å². The highest BCUT2D eigenvalue weighted by atomic mass is 16.5. The van der Waals surface area contributed by atoms with Gasteiger partial charge in [-0.2, -0.15) is 0 Å². The van der Waals surface area contributed by atoms with Gasteiger partial charge < -0.3 is 20.5 Å². The summed E-state index contributed by atoms with van der Waals surface area (Å²) in [4.78, 5) is 39.5. The molecule has 1 amide bonds. The number of hydrogen-bond donors (Lipinski definition) is 2. The number of nitrogens with zero attached hydrogens (tertiary/aromatic N) is 1. The van der Waals surface area contributed by atoms with Crippen LogP contribution >= 0.6 is 0 Å². The number of amides is 1. The highest BCUT2D eigenvalue weighted by Crippen LogP contribution is 2.40. The summed E-state index contributed by atoms with van der Waals surface area (Å²) in [6.45, 7) is 9.65. The second-order valence-electron chi connectivity index (χ2n) is 11.5. The van der Waals surface area contributed by atoms with Crippen LogP contribution in [0.25, 0.3) is 0 Å². The number of Topliss-reactive ketones (excluding diaryl/α,β-unsaturated/α-hetero) is 1. The predicted octanol–water partition coefficient (Wildman–Crippen LogP) is 5.09. The van der Waals surface area contributed by atoms with E-state index >= 15 is 0 Å². The van der Waals surface area contributed by atoms with E-state index in [1.54, 1.807) is 14.0 Å². The van der Waals surface area contributed by atoms with E-state index in [4.69, 9.17) is 10.5 Å². The minimum absolute atomic E-state index is 0.0244. The number of ketones is 1. The van der Waals surface area contributed by atoms with Gasteiger partial charge in [-0.1, -0.05) is 32.0 Å². The molecular weight excluding hydrogens is 468 g/mol. The number of hydrogen-bond acceptors (Lipinski definition) is 5. The molecule has 0 spiro atoms. The van der Waals surface area contributed by atoms with Crippen molar-refractivity contribution in [2.75, 3.05) is 7.05 Å². The van der Waals surface area contributed by atoms with E-state index in [-0.39, 0.29) is 42.1 Å². The Hall–Kier alpha value is -2.41. The molecule has 0 saturated heterocycles. The van der Waals surface area contributed by atoms with Crippen LogP contribution in [0.2, 0.25) is 0 Å². The molecule has 0 radical (unpaired) electrons. The normalized spacial score (nSPS) is 17.5. The Labute approximate surface area is 223 Å². The fourth-order valence-corrected chi connectivity index (χ4v) is 4.88. The van der Waals surface area contributed by atoms with Crippen molar-refractivity contribution in [3.05, 3.63) is 29.8 Å². The number of rotatable bonds is 17. The number of nitrogens with two attached hydrogens (primary N) is 1. The van der Waals surface area contributed by atoms with Crippen LogP contribution in [0, 0.1) is 23.7 Å². The molecule has 7 nitrogen and oxygen atoms in total. The molecule has 208 valence electrons. The Kier molecular flexibility index (Phi) is 12.1. The zero-order valence-electron chi connectivity index (χ0n) is 23.6. The Balaban J connectivity index is 1.96. The molecule has 0 heterocycles. The first kappa shape index (κ1) is 30.8. The molecule has 37 heavy (non-hydrogen) atoms. The smallest absolute Gasteiger partial charge is 0.306 e. The minimum atomic E-state index is -0.952. The van der Waals surface area contributed by atoms with Crippen LogP contribution in [-0.4, -0.2) is 52.9 Å². The van der Waals surface area contributed by atoms with Crippen molar-refractivity contribution < 1.29 is 24.2 Å². The maximum absolute atomic E-state index is 13.4. The van der Waals surface area contributed by atoms with Gasteiger partial charge in [-0.05, 0) is 89.2 Å². The standard InChI is InChI=1S/C30H48N2O5/c1-19(2)17-25(30(35)36)18-27(33)22(5)32(6)29(34)26(23-14-15-23)16-12-21(4)37-28-10-8-7-9-24(28)13-11-20(3)31/h7-10,19-23,25-26H,11-18,31H2,1-6H3,(H,35,36)/t20-,21+,22+,25-,26-/m0/s1. The number of aliphatic carboxylic acids is 1. The summed E-state index contributed by atoms with van der Waals surface area (Å²) < 4.78 is 6.28. The van der Waals surface area contributed by atoms with Gasteiger partial charge in [0.1, 0.15) is 5.75 Å². The topological polar surface area (TPSA) is 110 Å². The first-order chi connectivity index (χ1) is 17.4. The van der Waals surface area contributed by atoms with Gasteiger partial charge in [-0.25, -0.2) is 0 Å². The summed E-state index contributed by atoms with van der Waals surface area (Å²) in [6.07, 6.45) is 5.58. The summed E-state index contributed by atoms with van der Waals surface area (Å²) in [5.74, 6) is -0.638. The van der Waals surface area contributed by atoms with Crippen LogP contribution in [0.4, 0.5) is 0 Å². The average molecular weight is 517 g/mol. The molecule has 0 aromatic heterocycles. The van der Waals surface area contributed by atoms with Crippen molar-refractivity contribution in [1.29, 1.82) is 0 Å². The van der Waals surface area contributed by atoms with Crippen LogP contribution in [-0.2, 0) is 20.8 Å². The molecule has 1 aliphatic rings. The minimum Gasteiger partial charge on any atom is -0.490 e. The molecule has 0 bridgehead atoms. The molecule has 2 rings (SSSR count). The molecule has 7 heteroatoms. The number of aryl methyl sites for hydroxylation is 1. The predicted molar refractivity (Wildman–Crippen MR) is 146 cm³/mol. The van der Waals surface area contributed by atoms with Crippen molar-refractivity contribution in [2.45, 2.75) is 104 Å². The second-order valence-corrected chi connectivity index (χ2v) is 11.5. The van der Waals surface area contributed by atoms with Crippen molar-refractivity contribution in [3.8, 4) is 5.75 Å². The van der Waals surface area contributed by atoms with Crippen LogP contribution in [0.5, 0.6) is 5.75 Å². The van der Waals surface area contributed by atoms with Gasteiger partial charge >= 0.3 is 5.97 Å². The number of carboxylic acid groups (broad SMARTS) is 1. The maximum Gasteiger partial charge on any atom is 0.306 e. The van der Waals surface area contributed by atoms with Gasteiger partial charge in [0.05, 0.1) is 18.1 Å². The summed E-state index contributed by atoms with van der Waals surface area (Å²) in [7, 11) is 1.67. The van der Waals surface area contributed by atoms with Gasteiger partial charge in [0.2, 0.25) is 5.91 Å². The average Bonchev–Trinajstić information content (AvgIpc) is 3.67. The fourth-order valence-electron chi connectivity index (χ4n) is 4.88. The molecule has 1 aromatic carbocycles. The summed E-state index contributed by atoms with van der Waals surface area (Å²) >= 11 is 0. The fraction of sp³-hybridized carbons (Fsp3) is 0.700.